The molecule has 2 saturated carbocycles. The molecule has 0 amide bonds. The number of rotatable bonds is 16. The van der Waals surface area contributed by atoms with Crippen LogP contribution in [0.25, 0.3) is 0 Å². The quantitative estimate of drug-likeness (QED) is 0.156. The SMILES string of the molecule is CCCCC(=N)C1(c2cccc(N(C)CC(=O)/C3=C/C(CNCC(C)C)=C\CCC(CCC4CC4)C3=O)c2)CC(C)C1. The molecule has 2 fully saturated rings. The van der Waals surface area contributed by atoms with Gasteiger partial charge in [-0.3, -0.25) is 9.59 Å². The Balaban J connectivity index is 1.52. The maximum atomic E-state index is 13.9. The summed E-state index contributed by atoms with van der Waals surface area (Å²) in [6, 6.07) is 8.47. The van der Waals surface area contributed by atoms with Crippen LogP contribution in [-0.2, 0) is 15.0 Å². The molecule has 0 radical (unpaired) electrons. The van der Waals surface area contributed by atoms with Crippen molar-refractivity contribution in [2.24, 2.45) is 23.7 Å². The fourth-order valence-corrected chi connectivity index (χ4v) is 6.91. The first-order valence-corrected chi connectivity index (χ1v) is 16.7. The minimum absolute atomic E-state index is 0.0454. The highest BCUT2D eigenvalue weighted by molar-refractivity contribution is 6.22. The molecule has 3 aliphatic carbocycles. The van der Waals surface area contributed by atoms with E-state index in [-0.39, 0.29) is 29.4 Å². The summed E-state index contributed by atoms with van der Waals surface area (Å²) in [5.74, 6) is 1.83. The fraction of sp³-hybridized carbons (Fsp3) is 0.649. The highest BCUT2D eigenvalue weighted by Crippen LogP contribution is 2.50. The number of carbonyl (C=O) groups is 2. The summed E-state index contributed by atoms with van der Waals surface area (Å²) in [5, 5.41) is 12.5. The van der Waals surface area contributed by atoms with E-state index in [9.17, 15) is 9.59 Å². The topological polar surface area (TPSA) is 73.3 Å². The summed E-state index contributed by atoms with van der Waals surface area (Å²) in [7, 11) is 1.95. The van der Waals surface area contributed by atoms with E-state index in [0.29, 0.717) is 24.0 Å². The van der Waals surface area contributed by atoms with Gasteiger partial charge in [0.1, 0.15) is 0 Å². The Morgan fingerprint density at radius 2 is 1.93 bits per heavy atom. The van der Waals surface area contributed by atoms with Crippen molar-refractivity contribution in [3.63, 3.8) is 0 Å². The lowest BCUT2D eigenvalue weighted by Gasteiger charge is -2.48. The summed E-state index contributed by atoms with van der Waals surface area (Å²) in [4.78, 5) is 29.7. The van der Waals surface area contributed by atoms with E-state index in [1.165, 1.54) is 18.4 Å². The Kier molecular flexibility index (Phi) is 11.4. The highest BCUT2D eigenvalue weighted by Gasteiger charge is 2.46. The lowest BCUT2D eigenvalue weighted by molar-refractivity contribution is -0.123. The van der Waals surface area contributed by atoms with Gasteiger partial charge in [0.2, 0.25) is 0 Å². The molecule has 1 atom stereocenters. The third-order valence-electron chi connectivity index (χ3n) is 9.66. The van der Waals surface area contributed by atoms with E-state index in [2.05, 4.69) is 63.4 Å². The van der Waals surface area contributed by atoms with Gasteiger partial charge in [-0.1, -0.05) is 65.2 Å². The second-order valence-electron chi connectivity index (χ2n) is 14.0. The highest BCUT2D eigenvalue weighted by atomic mass is 16.2. The largest absolute Gasteiger partial charge is 0.367 e. The molecule has 3 aliphatic rings. The van der Waals surface area contributed by atoms with Crippen molar-refractivity contribution in [3.05, 3.63) is 53.1 Å². The van der Waals surface area contributed by atoms with Crippen molar-refractivity contribution in [1.82, 2.24) is 5.32 Å². The van der Waals surface area contributed by atoms with Crippen molar-refractivity contribution in [3.8, 4) is 0 Å². The predicted octanol–water partition coefficient (Wildman–Crippen LogP) is 7.84. The molecule has 1 unspecified atom stereocenters. The second-order valence-corrected chi connectivity index (χ2v) is 14.0. The predicted molar refractivity (Wildman–Crippen MR) is 176 cm³/mol. The van der Waals surface area contributed by atoms with Crippen LogP contribution in [0.2, 0.25) is 0 Å². The van der Waals surface area contributed by atoms with Gasteiger partial charge in [0.25, 0.3) is 0 Å². The van der Waals surface area contributed by atoms with E-state index in [0.717, 1.165) is 87.2 Å². The maximum Gasteiger partial charge on any atom is 0.185 e. The van der Waals surface area contributed by atoms with Gasteiger partial charge in [0.05, 0.1) is 12.1 Å². The molecule has 0 bridgehead atoms. The number of hydrogen-bond donors (Lipinski definition) is 2. The average Bonchev–Trinajstić information content (AvgIpc) is 3.77. The molecule has 2 N–H and O–H groups in total. The molecule has 1 aromatic rings. The Morgan fingerprint density at radius 1 is 1.17 bits per heavy atom. The van der Waals surface area contributed by atoms with Crippen molar-refractivity contribution >= 4 is 23.0 Å². The number of Topliss-reactive ketones (excluding diaryl/α,β-unsaturated/α-hetero) is 2. The Bertz CT molecular complexity index is 1170. The number of anilines is 1. The number of hydrogen-bond acceptors (Lipinski definition) is 5. The number of nitrogens with zero attached hydrogens (tertiary/aromatic N) is 1. The Morgan fingerprint density at radius 3 is 2.60 bits per heavy atom. The Hall–Kier alpha value is -2.53. The van der Waals surface area contributed by atoms with E-state index < -0.39 is 0 Å². The molecule has 0 spiro atoms. The third kappa shape index (κ3) is 8.30. The second kappa shape index (κ2) is 14.8. The van der Waals surface area contributed by atoms with Crippen LogP contribution in [0.4, 0.5) is 5.69 Å². The first kappa shape index (κ1) is 32.4. The van der Waals surface area contributed by atoms with Crippen LogP contribution >= 0.6 is 0 Å². The van der Waals surface area contributed by atoms with E-state index >= 15 is 0 Å². The van der Waals surface area contributed by atoms with Crippen molar-refractivity contribution in [1.29, 1.82) is 5.41 Å². The van der Waals surface area contributed by atoms with Crippen molar-refractivity contribution in [2.75, 3.05) is 31.6 Å². The zero-order valence-corrected chi connectivity index (χ0v) is 26.9. The van der Waals surface area contributed by atoms with Crippen molar-refractivity contribution in [2.45, 2.75) is 104 Å². The van der Waals surface area contributed by atoms with Crippen LogP contribution < -0.4 is 10.2 Å². The summed E-state index contributed by atoms with van der Waals surface area (Å²) in [6.07, 6.45) is 15.4. The number of carbonyl (C=O) groups excluding carboxylic acids is 2. The minimum atomic E-state index is -0.176. The number of allylic oxidation sites excluding steroid dienone is 1. The maximum absolute atomic E-state index is 13.9. The first-order valence-electron chi connectivity index (χ1n) is 16.7. The molecule has 0 saturated heterocycles. The van der Waals surface area contributed by atoms with Crippen LogP contribution in [0.15, 0.2) is 47.6 Å². The third-order valence-corrected chi connectivity index (χ3v) is 9.66. The fourth-order valence-electron chi connectivity index (χ4n) is 6.91. The number of benzene rings is 1. The number of nitrogens with one attached hydrogen (secondary N) is 2. The smallest absolute Gasteiger partial charge is 0.185 e. The van der Waals surface area contributed by atoms with E-state index in [1.54, 1.807) is 0 Å². The average molecular weight is 574 g/mol. The van der Waals surface area contributed by atoms with Crippen LogP contribution in [0.1, 0.15) is 104 Å². The van der Waals surface area contributed by atoms with Crippen LogP contribution in [0.3, 0.4) is 0 Å². The number of unbranched alkanes of at least 4 members (excludes halogenated alkanes) is 1. The monoisotopic (exact) mass is 573 g/mol. The van der Waals surface area contributed by atoms with Gasteiger partial charge < -0.3 is 15.6 Å². The standard InChI is InChI=1S/C37H55N3O2/c1-6-7-14-35(38)37(21-27(4)22-37)31-12-9-13-32(20-31)40(5)25-34(41)33-19-29(24-39-23-26(2)3)10-8-11-30(36(33)42)18-17-28-15-16-28/h9-10,12-13,19-20,26-28,30,38-39H,6-8,11,14-18,21-25H2,1-5H3/b29-10+,33-19-,38-35?. The van der Waals surface area contributed by atoms with Gasteiger partial charge in [0, 0.05) is 36.3 Å². The molecule has 5 nitrogen and oxygen atoms in total. The zero-order valence-electron chi connectivity index (χ0n) is 26.9. The molecule has 42 heavy (non-hydrogen) atoms. The van der Waals surface area contributed by atoms with Gasteiger partial charge >= 0.3 is 0 Å². The molecule has 1 aromatic carbocycles. The number of likely N-dealkylation sites (N-methyl/N-ethyl adjacent to an activating group) is 1. The molecular formula is C37H55N3O2. The first-order chi connectivity index (χ1) is 20.1. The summed E-state index contributed by atoms with van der Waals surface area (Å²) in [6.45, 7) is 10.6. The molecule has 0 heterocycles. The lowest BCUT2D eigenvalue weighted by atomic mass is 9.56. The summed E-state index contributed by atoms with van der Waals surface area (Å²) in [5.41, 5.74) is 4.27. The van der Waals surface area contributed by atoms with Gasteiger partial charge in [-0.25, -0.2) is 0 Å². The number of ketones is 2. The molecular weight excluding hydrogens is 518 g/mol. The zero-order chi connectivity index (χ0) is 30.3. The van der Waals surface area contributed by atoms with Crippen LogP contribution in [0.5, 0.6) is 0 Å². The molecule has 230 valence electrons. The van der Waals surface area contributed by atoms with E-state index in [1.807, 2.05) is 18.0 Å². The van der Waals surface area contributed by atoms with Crippen molar-refractivity contribution < 1.29 is 9.59 Å². The minimum Gasteiger partial charge on any atom is -0.367 e. The van der Waals surface area contributed by atoms with E-state index in [4.69, 9.17) is 5.41 Å². The van der Waals surface area contributed by atoms with Gasteiger partial charge in [-0.15, -0.1) is 0 Å². The van der Waals surface area contributed by atoms with Gasteiger partial charge in [-0.2, -0.15) is 0 Å². The normalized spacial score (nSPS) is 26.9. The van der Waals surface area contributed by atoms with Crippen LogP contribution in [0, 0.1) is 29.1 Å². The summed E-state index contributed by atoms with van der Waals surface area (Å²) >= 11 is 0. The lowest BCUT2D eigenvalue weighted by Crippen LogP contribution is -2.46. The molecule has 0 aromatic heterocycles. The Labute approximate surface area is 255 Å². The van der Waals surface area contributed by atoms with Crippen LogP contribution in [-0.4, -0.2) is 44.0 Å². The molecule has 0 aliphatic heterocycles. The molecule has 5 heteroatoms. The van der Waals surface area contributed by atoms with Gasteiger partial charge in [0.15, 0.2) is 11.6 Å². The summed E-state index contributed by atoms with van der Waals surface area (Å²) < 4.78 is 0. The van der Waals surface area contributed by atoms with Gasteiger partial charge in [-0.05, 0) is 105 Å². The molecule has 4 rings (SSSR count).